The van der Waals surface area contributed by atoms with E-state index in [9.17, 15) is 9.59 Å². The average Bonchev–Trinajstić information content (AvgIpc) is 3.19. The van der Waals surface area contributed by atoms with E-state index in [0.29, 0.717) is 36.7 Å². The van der Waals surface area contributed by atoms with E-state index in [1.165, 1.54) is 5.56 Å². The van der Waals surface area contributed by atoms with Crippen LogP contribution in [-0.4, -0.2) is 40.2 Å². The highest BCUT2D eigenvalue weighted by molar-refractivity contribution is 5.94. The van der Waals surface area contributed by atoms with Crippen molar-refractivity contribution in [2.24, 2.45) is 17.8 Å². The maximum Gasteiger partial charge on any atom is 0.315 e. The van der Waals surface area contributed by atoms with Gasteiger partial charge in [0.25, 0.3) is 0 Å². The van der Waals surface area contributed by atoms with Gasteiger partial charge < -0.3 is 19.9 Å². The fourth-order valence-corrected chi connectivity index (χ4v) is 5.67. The molecule has 1 aliphatic heterocycles. The topological polar surface area (TPSA) is 119 Å². The molecule has 4 atom stereocenters. The first-order valence-corrected chi connectivity index (χ1v) is 13.4. The Morgan fingerprint density at radius 1 is 1.03 bits per heavy atom. The van der Waals surface area contributed by atoms with Crippen molar-refractivity contribution in [3.8, 4) is 11.1 Å². The maximum atomic E-state index is 12.9. The second-order valence-electron chi connectivity index (χ2n) is 11.7. The van der Waals surface area contributed by atoms with Gasteiger partial charge >= 0.3 is 11.8 Å². The number of ether oxygens (including phenoxy) is 1. The molecular formula is C29H33N5O4. The molecule has 38 heavy (non-hydrogen) atoms. The minimum absolute atomic E-state index is 0.00828. The summed E-state index contributed by atoms with van der Waals surface area (Å²) in [6, 6.07) is 10.1. The first kappa shape index (κ1) is 24.7. The molecule has 3 aromatic rings. The summed E-state index contributed by atoms with van der Waals surface area (Å²) in [6.07, 6.45) is 5.56. The molecular weight excluding hydrogens is 482 g/mol. The number of nitrogens with zero attached hydrogens (tertiary/aromatic N) is 3. The van der Waals surface area contributed by atoms with E-state index in [2.05, 4.69) is 44.0 Å². The lowest BCUT2D eigenvalue weighted by Gasteiger charge is -2.19. The monoisotopic (exact) mass is 515 g/mol. The van der Waals surface area contributed by atoms with E-state index in [-0.39, 0.29) is 35.1 Å². The van der Waals surface area contributed by atoms with Crippen molar-refractivity contribution < 1.29 is 18.8 Å². The van der Waals surface area contributed by atoms with Crippen LogP contribution >= 0.6 is 0 Å². The number of aromatic nitrogens is 3. The molecule has 3 heterocycles. The summed E-state index contributed by atoms with van der Waals surface area (Å²) in [6.45, 7) is 7.29. The molecule has 0 spiro atoms. The quantitative estimate of drug-likeness (QED) is 0.482. The van der Waals surface area contributed by atoms with Crippen LogP contribution in [0.1, 0.15) is 73.7 Å². The van der Waals surface area contributed by atoms with Crippen LogP contribution in [0.3, 0.4) is 0 Å². The summed E-state index contributed by atoms with van der Waals surface area (Å²) in [5, 5.41) is 10.1. The zero-order valence-electron chi connectivity index (χ0n) is 22.0. The predicted octanol–water partition coefficient (Wildman–Crippen LogP) is 4.46. The zero-order chi connectivity index (χ0) is 26.4. The largest absolute Gasteiger partial charge is 0.381 e. The van der Waals surface area contributed by atoms with E-state index < -0.39 is 0 Å². The Kier molecular flexibility index (Phi) is 6.26. The maximum absolute atomic E-state index is 12.9. The molecule has 2 fully saturated rings. The van der Waals surface area contributed by atoms with Gasteiger partial charge in [-0.15, -0.1) is 0 Å². The first-order chi connectivity index (χ1) is 18.3. The summed E-state index contributed by atoms with van der Waals surface area (Å²) in [4.78, 5) is 34.3. The van der Waals surface area contributed by atoms with Gasteiger partial charge in [-0.2, -0.15) is 4.98 Å². The summed E-state index contributed by atoms with van der Waals surface area (Å²) in [7, 11) is 0. The molecule has 6 rings (SSSR count). The Bertz CT molecular complexity index is 1370. The fourth-order valence-electron chi connectivity index (χ4n) is 5.67. The van der Waals surface area contributed by atoms with Gasteiger partial charge in [-0.25, -0.2) is 4.98 Å². The molecule has 0 radical (unpaired) electrons. The van der Waals surface area contributed by atoms with Crippen molar-refractivity contribution in [1.29, 1.82) is 0 Å². The van der Waals surface area contributed by atoms with Gasteiger partial charge in [-0.1, -0.05) is 50.5 Å². The van der Waals surface area contributed by atoms with Crippen molar-refractivity contribution in [2.75, 3.05) is 18.5 Å². The number of carbonyl (C=O) groups is 2. The number of anilines is 1. The normalized spacial score (nSPS) is 24.2. The highest BCUT2D eigenvalue weighted by atomic mass is 16.5. The number of carbonyl (C=O) groups excluding carboxylic acids is 2. The van der Waals surface area contributed by atoms with Gasteiger partial charge in [0.2, 0.25) is 5.91 Å². The average molecular weight is 516 g/mol. The lowest BCUT2D eigenvalue weighted by Crippen LogP contribution is -2.29. The van der Waals surface area contributed by atoms with Gasteiger partial charge in [-0.05, 0) is 65.5 Å². The van der Waals surface area contributed by atoms with Crippen molar-refractivity contribution >= 4 is 17.6 Å². The molecule has 1 saturated carbocycles. The van der Waals surface area contributed by atoms with E-state index >= 15 is 0 Å². The number of pyridine rings is 1. The van der Waals surface area contributed by atoms with Crippen LogP contribution in [0.5, 0.6) is 0 Å². The Hall–Kier alpha value is -3.59. The molecule has 3 aliphatic rings. The molecule has 0 unspecified atom stereocenters. The second-order valence-corrected chi connectivity index (χ2v) is 11.7. The highest BCUT2D eigenvalue weighted by Crippen LogP contribution is 2.51. The van der Waals surface area contributed by atoms with Crippen LogP contribution in [0, 0.1) is 17.8 Å². The third-order valence-electron chi connectivity index (χ3n) is 7.90. The van der Waals surface area contributed by atoms with Crippen LogP contribution in [0.2, 0.25) is 0 Å². The lowest BCUT2D eigenvalue weighted by molar-refractivity contribution is -0.118. The summed E-state index contributed by atoms with van der Waals surface area (Å²) < 4.78 is 10.7. The summed E-state index contributed by atoms with van der Waals surface area (Å²) in [5.41, 5.74) is 4.06. The third kappa shape index (κ3) is 4.82. The molecule has 1 aromatic carbocycles. The van der Waals surface area contributed by atoms with E-state index in [0.717, 1.165) is 42.4 Å². The highest BCUT2D eigenvalue weighted by Gasteiger charge is 2.58. The van der Waals surface area contributed by atoms with Crippen molar-refractivity contribution in [2.45, 2.75) is 57.9 Å². The van der Waals surface area contributed by atoms with Gasteiger partial charge in [-0.3, -0.25) is 9.59 Å². The van der Waals surface area contributed by atoms with E-state index in [4.69, 9.17) is 9.26 Å². The molecule has 9 heteroatoms. The van der Waals surface area contributed by atoms with E-state index in [1.54, 1.807) is 6.20 Å². The minimum atomic E-state index is -0.351. The number of fused-ring (bicyclic) bond motifs is 2. The van der Waals surface area contributed by atoms with Crippen LogP contribution in [-0.2, 0) is 21.4 Å². The van der Waals surface area contributed by atoms with Crippen molar-refractivity contribution in [1.82, 2.24) is 20.4 Å². The predicted molar refractivity (Wildman–Crippen MR) is 140 cm³/mol. The molecule has 2 N–H and O–H groups in total. The van der Waals surface area contributed by atoms with Crippen LogP contribution in [0.25, 0.3) is 11.1 Å². The summed E-state index contributed by atoms with van der Waals surface area (Å²) in [5.74, 6) is 1.50. The van der Waals surface area contributed by atoms with Crippen molar-refractivity contribution in [3.63, 3.8) is 0 Å². The lowest BCUT2D eigenvalue weighted by atomic mass is 9.94. The number of hydrogen-bond acceptors (Lipinski definition) is 7. The molecule has 0 bridgehead atoms. The molecule has 2 aliphatic carbocycles. The molecule has 2 amide bonds. The smallest absolute Gasteiger partial charge is 0.315 e. The Morgan fingerprint density at radius 2 is 1.82 bits per heavy atom. The Labute approximate surface area is 221 Å². The number of amides is 2. The summed E-state index contributed by atoms with van der Waals surface area (Å²) >= 11 is 0. The Balaban J connectivity index is 1.18. The minimum Gasteiger partial charge on any atom is -0.381 e. The Morgan fingerprint density at radius 3 is 2.58 bits per heavy atom. The number of rotatable bonds is 5. The van der Waals surface area contributed by atoms with E-state index in [1.807, 2.05) is 32.9 Å². The molecule has 1 saturated heterocycles. The van der Waals surface area contributed by atoms with Crippen LogP contribution in [0.4, 0.5) is 5.82 Å². The molecule has 198 valence electrons. The van der Waals surface area contributed by atoms with Gasteiger partial charge in [0.15, 0.2) is 5.82 Å². The number of aryl methyl sites for hydroxylation is 1. The molecule has 9 nitrogen and oxygen atoms in total. The standard InChI is InChI=1S/C29H33N5O4/c1-29(2,3)28-33-27(38-34-28)26(36)31-22-7-5-4-6-18-12-16(8-9-19(18)22)17-10-11-30-23(13-17)32-25(35)24-20-14-37-15-21(20)24/h8-13,20-22,24H,4-7,14-15H2,1-3H3,(H,31,36)(H,30,32,35)/t20-,21+,22-,24+/m1/s1. The second kappa shape index (κ2) is 9.62. The van der Waals surface area contributed by atoms with Gasteiger partial charge in [0.1, 0.15) is 5.82 Å². The van der Waals surface area contributed by atoms with Crippen molar-refractivity contribution in [3.05, 3.63) is 59.4 Å². The van der Waals surface area contributed by atoms with Gasteiger partial charge in [0, 0.05) is 17.5 Å². The number of benzene rings is 1. The number of hydrogen-bond donors (Lipinski definition) is 2. The third-order valence-corrected chi connectivity index (χ3v) is 7.90. The first-order valence-electron chi connectivity index (χ1n) is 13.4. The molecule has 2 aromatic heterocycles. The number of nitrogens with one attached hydrogen (secondary N) is 2. The SMILES string of the molecule is CC(C)(C)c1noc(C(=O)N[C@@H]2CCCCc3cc(-c4ccnc(NC(=O)[C@H]5[C@@H]6COC[C@@H]65)c4)ccc32)n1. The fraction of sp³-hybridized carbons (Fsp3) is 0.483. The van der Waals surface area contributed by atoms with Gasteiger partial charge in [0.05, 0.1) is 19.3 Å². The van der Waals surface area contributed by atoms with Crippen LogP contribution < -0.4 is 10.6 Å². The van der Waals surface area contributed by atoms with Crippen LogP contribution in [0.15, 0.2) is 41.1 Å². The zero-order valence-corrected chi connectivity index (χ0v) is 22.0.